The van der Waals surface area contributed by atoms with Crippen LogP contribution in [0.15, 0.2) is 0 Å². The van der Waals surface area contributed by atoms with Gasteiger partial charge in [0.1, 0.15) is 0 Å². The van der Waals surface area contributed by atoms with Gasteiger partial charge in [0.05, 0.1) is 0 Å². The van der Waals surface area contributed by atoms with Crippen molar-refractivity contribution in [2.45, 2.75) is 127 Å². The number of rotatable bonds is 0. The van der Waals surface area contributed by atoms with E-state index < -0.39 is 0 Å². The van der Waals surface area contributed by atoms with Gasteiger partial charge in [-0.3, -0.25) is 14.7 Å². The van der Waals surface area contributed by atoms with E-state index in [1.165, 1.54) is 52.1 Å². The Morgan fingerprint density at radius 2 is 0.667 bits per heavy atom. The molecule has 0 aromatic rings. The topological polar surface area (TPSA) is 9.72 Å². The minimum Gasteiger partial charge on any atom is -0.298 e. The first-order valence-corrected chi connectivity index (χ1v) is 11.7. The maximum atomic E-state index is 2.62. The minimum atomic E-state index is 0. The van der Waals surface area contributed by atoms with Crippen LogP contribution in [0.3, 0.4) is 0 Å². The monoisotopic (exact) mass is 427 g/mol. The molecule has 2 saturated heterocycles. The summed E-state index contributed by atoms with van der Waals surface area (Å²) in [5.74, 6) is 0.918. The lowest BCUT2D eigenvalue weighted by atomic mass is 9.75. The largest absolute Gasteiger partial charge is 0.298 e. The Morgan fingerprint density at radius 3 is 0.867 bits per heavy atom. The fraction of sp³-hybridized carbons (Fsp3) is 1.00. The molecule has 2 aliphatic heterocycles. The molecule has 3 nitrogen and oxygen atoms in total. The van der Waals surface area contributed by atoms with Crippen LogP contribution < -0.4 is 0 Å². The Hall–Kier alpha value is -0.120. The van der Waals surface area contributed by atoms with Crippen molar-refractivity contribution in [3.63, 3.8) is 0 Å². The van der Waals surface area contributed by atoms with Gasteiger partial charge in [0.25, 0.3) is 0 Å². The maximum absolute atomic E-state index is 2.62. The Kier molecular flexibility index (Phi) is 12.5. The number of hydrogen-bond donors (Lipinski definition) is 0. The van der Waals surface area contributed by atoms with Crippen LogP contribution in [-0.2, 0) is 0 Å². The lowest BCUT2D eigenvalue weighted by Crippen LogP contribution is -2.57. The fourth-order valence-corrected chi connectivity index (χ4v) is 4.46. The summed E-state index contributed by atoms with van der Waals surface area (Å²) in [6, 6.07) is 0. The number of piperazine rings is 1. The van der Waals surface area contributed by atoms with Crippen molar-refractivity contribution < 1.29 is 0 Å². The highest BCUT2D eigenvalue weighted by atomic mass is 15.3. The van der Waals surface area contributed by atoms with E-state index in [0.29, 0.717) is 22.0 Å². The van der Waals surface area contributed by atoms with E-state index in [2.05, 4.69) is 97.8 Å². The molecule has 0 atom stereocenters. The first-order valence-electron chi connectivity index (χ1n) is 11.7. The van der Waals surface area contributed by atoms with Gasteiger partial charge in [0.15, 0.2) is 0 Å². The molecule has 2 fully saturated rings. The summed E-state index contributed by atoms with van der Waals surface area (Å²) in [5, 5.41) is 0. The molecule has 0 spiro atoms. The summed E-state index contributed by atoms with van der Waals surface area (Å²) >= 11 is 0. The zero-order valence-corrected chi connectivity index (χ0v) is 21.6. The molecule has 2 heterocycles. The highest BCUT2D eigenvalue weighted by Crippen LogP contribution is 2.35. The number of hydrogen-bond acceptors (Lipinski definition) is 3. The van der Waals surface area contributed by atoms with Crippen molar-refractivity contribution in [1.82, 2.24) is 14.7 Å². The molecular formula is C27H61N3. The van der Waals surface area contributed by atoms with Crippen molar-refractivity contribution >= 4 is 0 Å². The molecule has 184 valence electrons. The van der Waals surface area contributed by atoms with Crippen LogP contribution in [0.25, 0.3) is 0 Å². The SMILES string of the molecule is C.C.CC(C)(C)C1CCN(C(C)(C)C)CC1.CC(C)(C)N1CCN(C(C)(C)C)CC1. The van der Waals surface area contributed by atoms with Crippen LogP contribution in [0.2, 0.25) is 0 Å². The Balaban J connectivity index is 0. The summed E-state index contributed by atoms with van der Waals surface area (Å²) < 4.78 is 0. The minimum absolute atomic E-state index is 0. The van der Waals surface area contributed by atoms with Gasteiger partial charge in [-0.1, -0.05) is 35.6 Å². The third-order valence-electron chi connectivity index (χ3n) is 6.85. The fourth-order valence-electron chi connectivity index (χ4n) is 4.46. The molecule has 0 aromatic carbocycles. The third-order valence-corrected chi connectivity index (χ3v) is 6.85. The first-order chi connectivity index (χ1) is 12.4. The number of piperidine rings is 1. The molecule has 0 aromatic heterocycles. The highest BCUT2D eigenvalue weighted by Gasteiger charge is 2.32. The van der Waals surface area contributed by atoms with Crippen LogP contribution in [0.1, 0.15) is 111 Å². The standard InChI is InChI=1S/C13H27N.C12H26N2.2CH4/c1-12(2,3)11-7-9-14(10-8-11)13(4,5)6;1-11(2,3)13-7-9-14(10-8-13)12(4,5)6;;/h11H,7-10H2,1-6H3;7-10H2,1-6H3;2*1H4. The van der Waals surface area contributed by atoms with Crippen LogP contribution in [0.4, 0.5) is 0 Å². The molecule has 0 unspecified atom stereocenters. The van der Waals surface area contributed by atoms with Crippen molar-refractivity contribution in [3.05, 3.63) is 0 Å². The summed E-state index contributed by atoms with van der Waals surface area (Å²) in [6.45, 7) is 35.3. The van der Waals surface area contributed by atoms with Crippen LogP contribution in [0.5, 0.6) is 0 Å². The van der Waals surface area contributed by atoms with Crippen LogP contribution >= 0.6 is 0 Å². The van der Waals surface area contributed by atoms with Crippen LogP contribution in [0, 0.1) is 11.3 Å². The highest BCUT2D eigenvalue weighted by molar-refractivity contribution is 4.87. The number of likely N-dealkylation sites (tertiary alicyclic amines) is 1. The first kappa shape index (κ1) is 32.1. The Bertz CT molecular complexity index is 352. The summed E-state index contributed by atoms with van der Waals surface area (Å²) in [4.78, 5) is 7.78. The predicted molar refractivity (Wildman–Crippen MR) is 140 cm³/mol. The molecule has 0 aliphatic carbocycles. The van der Waals surface area contributed by atoms with E-state index in [4.69, 9.17) is 0 Å². The normalized spacial score (nSPS) is 21.2. The molecule has 30 heavy (non-hydrogen) atoms. The zero-order chi connectivity index (χ0) is 22.0. The van der Waals surface area contributed by atoms with Crippen molar-refractivity contribution in [2.75, 3.05) is 39.3 Å². The van der Waals surface area contributed by atoms with Gasteiger partial charge >= 0.3 is 0 Å². The molecule has 0 radical (unpaired) electrons. The second-order valence-electron chi connectivity index (χ2n) is 13.1. The van der Waals surface area contributed by atoms with Gasteiger partial charge in [0.2, 0.25) is 0 Å². The predicted octanol–water partition coefficient (Wildman–Crippen LogP) is 7.02. The second-order valence-corrected chi connectivity index (χ2v) is 13.1. The van der Waals surface area contributed by atoms with Gasteiger partial charge in [-0.15, -0.1) is 0 Å². The smallest absolute Gasteiger partial charge is 0.0126 e. The molecule has 0 saturated carbocycles. The van der Waals surface area contributed by atoms with Gasteiger partial charge in [-0.2, -0.15) is 0 Å². The molecule has 0 N–H and O–H groups in total. The molecule has 3 heteroatoms. The zero-order valence-electron chi connectivity index (χ0n) is 21.6. The summed E-state index contributed by atoms with van der Waals surface area (Å²) in [6.07, 6.45) is 2.75. The molecule has 2 rings (SSSR count). The average Bonchev–Trinajstić information content (AvgIpc) is 2.52. The van der Waals surface area contributed by atoms with Crippen LogP contribution in [-0.4, -0.2) is 70.6 Å². The maximum Gasteiger partial charge on any atom is 0.0126 e. The van der Waals surface area contributed by atoms with E-state index in [-0.39, 0.29) is 14.9 Å². The van der Waals surface area contributed by atoms with Crippen molar-refractivity contribution in [2.24, 2.45) is 11.3 Å². The van der Waals surface area contributed by atoms with Gasteiger partial charge in [0, 0.05) is 42.8 Å². The van der Waals surface area contributed by atoms with Gasteiger partial charge < -0.3 is 0 Å². The number of nitrogens with zero attached hydrogens (tertiary/aromatic N) is 3. The van der Waals surface area contributed by atoms with Gasteiger partial charge in [-0.05, 0) is 99.6 Å². The molecule has 0 amide bonds. The Morgan fingerprint density at radius 1 is 0.433 bits per heavy atom. The Labute approximate surface area is 193 Å². The van der Waals surface area contributed by atoms with E-state index in [0.717, 1.165) is 5.92 Å². The summed E-state index contributed by atoms with van der Waals surface area (Å²) in [7, 11) is 0. The molecule has 2 aliphatic rings. The van der Waals surface area contributed by atoms with Gasteiger partial charge in [-0.25, -0.2) is 0 Å². The summed E-state index contributed by atoms with van der Waals surface area (Å²) in [5.41, 5.74) is 1.54. The molecular weight excluding hydrogens is 366 g/mol. The average molecular weight is 428 g/mol. The quantitative estimate of drug-likeness (QED) is 0.411. The van der Waals surface area contributed by atoms with E-state index >= 15 is 0 Å². The second kappa shape index (κ2) is 11.7. The van der Waals surface area contributed by atoms with E-state index in [1.54, 1.807) is 0 Å². The lowest BCUT2D eigenvalue weighted by molar-refractivity contribution is 0.0211. The van der Waals surface area contributed by atoms with E-state index in [1.807, 2.05) is 0 Å². The van der Waals surface area contributed by atoms with E-state index in [9.17, 15) is 0 Å². The molecule has 0 bridgehead atoms. The third kappa shape index (κ3) is 10.5. The lowest BCUT2D eigenvalue weighted by Gasteiger charge is -2.46. The van der Waals surface area contributed by atoms with Crippen molar-refractivity contribution in [3.8, 4) is 0 Å². The van der Waals surface area contributed by atoms with Crippen molar-refractivity contribution in [1.29, 1.82) is 0 Å².